The van der Waals surface area contributed by atoms with Gasteiger partial charge in [-0.3, -0.25) is 0 Å². The third-order valence-corrected chi connectivity index (χ3v) is 6.90. The molecule has 0 amide bonds. The third kappa shape index (κ3) is 2.54. The van der Waals surface area contributed by atoms with Crippen molar-refractivity contribution in [1.82, 2.24) is 0 Å². The molecule has 2 rings (SSSR count). The summed E-state index contributed by atoms with van der Waals surface area (Å²) in [5, 5.41) is 0. The van der Waals surface area contributed by atoms with Crippen LogP contribution in [0.5, 0.6) is 0 Å². The zero-order chi connectivity index (χ0) is 15.1. The molecule has 0 spiro atoms. The Bertz CT molecular complexity index is 336. The van der Waals surface area contributed by atoms with Crippen molar-refractivity contribution < 1.29 is 9.47 Å². The summed E-state index contributed by atoms with van der Waals surface area (Å²) in [7, 11) is 0. The van der Waals surface area contributed by atoms with Crippen LogP contribution < -0.4 is 0 Å². The van der Waals surface area contributed by atoms with Crippen LogP contribution in [0.1, 0.15) is 61.3 Å². The van der Waals surface area contributed by atoms with Gasteiger partial charge >= 0.3 is 0 Å². The van der Waals surface area contributed by atoms with Gasteiger partial charge in [-0.2, -0.15) is 0 Å². The van der Waals surface area contributed by atoms with E-state index < -0.39 is 0 Å². The van der Waals surface area contributed by atoms with Crippen LogP contribution in [0.3, 0.4) is 0 Å². The van der Waals surface area contributed by atoms with Crippen molar-refractivity contribution in [2.75, 3.05) is 13.2 Å². The molecular formula is C18H34O2. The van der Waals surface area contributed by atoms with E-state index in [1.807, 2.05) is 0 Å². The molecule has 118 valence electrons. The lowest BCUT2D eigenvalue weighted by Crippen LogP contribution is -2.42. The van der Waals surface area contributed by atoms with E-state index in [4.69, 9.17) is 9.47 Å². The van der Waals surface area contributed by atoms with Crippen LogP contribution in [-0.4, -0.2) is 25.4 Å². The normalized spacial score (nSPS) is 37.2. The summed E-state index contributed by atoms with van der Waals surface area (Å²) in [5.41, 5.74) is 0.684. The molecule has 2 saturated heterocycles. The van der Waals surface area contributed by atoms with Gasteiger partial charge in [0, 0.05) is 11.8 Å². The lowest BCUT2D eigenvalue weighted by atomic mass is 9.56. The van der Waals surface area contributed by atoms with Crippen molar-refractivity contribution in [3.05, 3.63) is 0 Å². The molecule has 2 aliphatic rings. The predicted octanol–water partition coefficient (Wildman–Crippen LogP) is 4.52. The Morgan fingerprint density at radius 1 is 1.05 bits per heavy atom. The zero-order valence-corrected chi connectivity index (χ0v) is 14.5. The van der Waals surface area contributed by atoms with Crippen LogP contribution in [0.2, 0.25) is 0 Å². The SMILES string of the molecule is CCC(C)(CC1COC2C(C)COC12)C(C)(C)C(C)C. The first-order valence-electron chi connectivity index (χ1n) is 8.46. The van der Waals surface area contributed by atoms with Gasteiger partial charge in [0.15, 0.2) is 0 Å². The Hall–Kier alpha value is -0.0800. The molecule has 5 unspecified atom stereocenters. The van der Waals surface area contributed by atoms with Gasteiger partial charge in [-0.1, -0.05) is 54.9 Å². The number of fused-ring (bicyclic) bond motifs is 1. The molecular weight excluding hydrogens is 248 g/mol. The summed E-state index contributed by atoms with van der Waals surface area (Å²) < 4.78 is 12.1. The molecule has 2 nitrogen and oxygen atoms in total. The summed E-state index contributed by atoms with van der Waals surface area (Å²) in [6, 6.07) is 0. The van der Waals surface area contributed by atoms with Crippen LogP contribution in [0.25, 0.3) is 0 Å². The fourth-order valence-electron chi connectivity index (χ4n) is 4.08. The molecule has 2 heteroatoms. The minimum absolute atomic E-state index is 0.337. The highest BCUT2D eigenvalue weighted by Gasteiger charge is 2.50. The minimum atomic E-state index is 0.337. The topological polar surface area (TPSA) is 18.5 Å². The first-order valence-corrected chi connectivity index (χ1v) is 8.46. The summed E-state index contributed by atoms with van der Waals surface area (Å²) in [6.45, 7) is 18.4. The van der Waals surface area contributed by atoms with Crippen molar-refractivity contribution in [3.63, 3.8) is 0 Å². The van der Waals surface area contributed by atoms with Gasteiger partial charge in [0.25, 0.3) is 0 Å². The molecule has 0 N–H and O–H groups in total. The Balaban J connectivity index is 2.11. The lowest BCUT2D eigenvalue weighted by molar-refractivity contribution is -0.0134. The maximum atomic E-state index is 6.04. The smallest absolute Gasteiger partial charge is 0.0890 e. The highest BCUT2D eigenvalue weighted by molar-refractivity contribution is 4.98. The van der Waals surface area contributed by atoms with E-state index >= 15 is 0 Å². The monoisotopic (exact) mass is 282 g/mol. The highest BCUT2D eigenvalue weighted by Crippen LogP contribution is 2.52. The fraction of sp³-hybridized carbons (Fsp3) is 1.00. The molecule has 5 atom stereocenters. The van der Waals surface area contributed by atoms with Crippen LogP contribution in [-0.2, 0) is 9.47 Å². The maximum absolute atomic E-state index is 6.04. The first kappa shape index (κ1) is 16.3. The van der Waals surface area contributed by atoms with Gasteiger partial charge < -0.3 is 9.47 Å². The van der Waals surface area contributed by atoms with E-state index in [1.165, 1.54) is 12.8 Å². The van der Waals surface area contributed by atoms with Crippen LogP contribution in [0.15, 0.2) is 0 Å². The summed E-state index contributed by atoms with van der Waals surface area (Å²) in [4.78, 5) is 0. The molecule has 20 heavy (non-hydrogen) atoms. The van der Waals surface area contributed by atoms with Crippen LogP contribution in [0.4, 0.5) is 0 Å². The van der Waals surface area contributed by atoms with Crippen molar-refractivity contribution in [3.8, 4) is 0 Å². The van der Waals surface area contributed by atoms with Crippen LogP contribution in [0, 0.1) is 28.6 Å². The Labute approximate surface area is 125 Å². The highest BCUT2D eigenvalue weighted by atomic mass is 16.6. The quantitative estimate of drug-likeness (QED) is 0.738. The number of ether oxygens (including phenoxy) is 2. The molecule has 0 aromatic heterocycles. The van der Waals surface area contributed by atoms with Crippen LogP contribution >= 0.6 is 0 Å². The lowest BCUT2D eigenvalue weighted by Gasteiger charge is -2.48. The molecule has 2 fully saturated rings. The van der Waals surface area contributed by atoms with Crippen molar-refractivity contribution in [2.45, 2.75) is 73.5 Å². The molecule has 0 aromatic rings. The number of rotatable bonds is 5. The van der Waals surface area contributed by atoms with E-state index in [-0.39, 0.29) is 0 Å². The zero-order valence-electron chi connectivity index (χ0n) is 14.5. The summed E-state index contributed by atoms with van der Waals surface area (Å²) >= 11 is 0. The van der Waals surface area contributed by atoms with Gasteiger partial charge in [-0.05, 0) is 23.2 Å². The largest absolute Gasteiger partial charge is 0.375 e. The standard InChI is InChI=1S/C18H34O2/c1-8-18(7,17(5,6)12(2)3)9-14-11-20-15-13(4)10-19-16(14)15/h12-16H,8-11H2,1-7H3. The van der Waals surface area contributed by atoms with E-state index in [9.17, 15) is 0 Å². The summed E-state index contributed by atoms with van der Waals surface area (Å²) in [6.07, 6.45) is 3.14. The minimum Gasteiger partial charge on any atom is -0.375 e. The van der Waals surface area contributed by atoms with Crippen molar-refractivity contribution >= 4 is 0 Å². The van der Waals surface area contributed by atoms with Gasteiger partial charge in [-0.15, -0.1) is 0 Å². The molecule has 0 radical (unpaired) electrons. The first-order chi connectivity index (χ1) is 9.23. The molecule has 2 heterocycles. The van der Waals surface area contributed by atoms with Crippen molar-refractivity contribution in [2.24, 2.45) is 28.6 Å². The maximum Gasteiger partial charge on any atom is 0.0890 e. The second-order valence-electron chi connectivity index (χ2n) is 8.33. The second-order valence-corrected chi connectivity index (χ2v) is 8.33. The third-order valence-electron chi connectivity index (χ3n) is 6.90. The second kappa shape index (κ2) is 5.61. The molecule has 0 saturated carbocycles. The molecule has 0 bridgehead atoms. The van der Waals surface area contributed by atoms with E-state index in [1.54, 1.807) is 0 Å². The van der Waals surface area contributed by atoms with Gasteiger partial charge in [0.2, 0.25) is 0 Å². The summed E-state index contributed by atoms with van der Waals surface area (Å²) in [5.74, 6) is 1.83. The van der Waals surface area contributed by atoms with Gasteiger partial charge in [0.1, 0.15) is 0 Å². The molecule has 2 aliphatic heterocycles. The van der Waals surface area contributed by atoms with E-state index in [0.717, 1.165) is 13.2 Å². The van der Waals surface area contributed by atoms with E-state index in [2.05, 4.69) is 48.5 Å². The average molecular weight is 282 g/mol. The van der Waals surface area contributed by atoms with Crippen molar-refractivity contribution in [1.29, 1.82) is 0 Å². The number of hydrogen-bond donors (Lipinski definition) is 0. The van der Waals surface area contributed by atoms with Gasteiger partial charge in [0.05, 0.1) is 25.4 Å². The Kier molecular flexibility index (Phi) is 4.57. The fourth-order valence-corrected chi connectivity index (χ4v) is 4.08. The predicted molar refractivity (Wildman–Crippen MR) is 83.8 cm³/mol. The Morgan fingerprint density at radius 2 is 1.65 bits per heavy atom. The molecule has 0 aliphatic carbocycles. The average Bonchev–Trinajstić information content (AvgIpc) is 2.93. The van der Waals surface area contributed by atoms with Gasteiger partial charge in [-0.25, -0.2) is 0 Å². The Morgan fingerprint density at radius 3 is 2.20 bits per heavy atom. The number of hydrogen-bond acceptors (Lipinski definition) is 2. The van der Waals surface area contributed by atoms with E-state index in [0.29, 0.717) is 40.8 Å². The molecule has 0 aromatic carbocycles.